The summed E-state index contributed by atoms with van der Waals surface area (Å²) >= 11 is 3.32. The van der Waals surface area contributed by atoms with E-state index >= 15 is 0 Å². The number of unbranched alkanes of at least 4 members (excludes halogenated alkanes) is 1. The minimum atomic E-state index is -0.347. The molecular weight excluding hydrogens is 445 g/mol. The Morgan fingerprint density at radius 2 is 2.10 bits per heavy atom. The van der Waals surface area contributed by atoms with Gasteiger partial charge in [-0.1, -0.05) is 0 Å². The molecule has 0 N–H and O–H groups in total. The van der Waals surface area contributed by atoms with E-state index in [2.05, 4.69) is 26.0 Å². The first-order valence-corrected chi connectivity index (χ1v) is 10.7. The quantitative estimate of drug-likeness (QED) is 0.445. The Hall–Kier alpha value is -1.55. The van der Waals surface area contributed by atoms with E-state index in [0.29, 0.717) is 29.3 Å². The van der Waals surface area contributed by atoms with Crippen molar-refractivity contribution in [1.82, 2.24) is 14.8 Å². The van der Waals surface area contributed by atoms with E-state index in [-0.39, 0.29) is 24.9 Å². The SMILES string of the molecule is COCn1nc(Br)nc1C(CCCCOC1CCCCO1)Oc1ccc(F)cc1. The van der Waals surface area contributed by atoms with Gasteiger partial charge in [-0.25, -0.2) is 14.1 Å². The molecule has 1 aliphatic rings. The number of rotatable bonds is 11. The molecule has 29 heavy (non-hydrogen) atoms. The van der Waals surface area contributed by atoms with E-state index in [4.69, 9.17) is 18.9 Å². The summed E-state index contributed by atoms with van der Waals surface area (Å²) in [5.74, 6) is 0.923. The van der Waals surface area contributed by atoms with Gasteiger partial charge >= 0.3 is 0 Å². The standard InChI is InChI=1S/C20H27BrFN3O4/c1-26-14-25-19(23-20(21)24-25)17(29-16-10-8-15(22)9-11-16)6-2-4-12-27-18-7-3-5-13-28-18/h8-11,17-18H,2-7,12-14H2,1H3. The van der Waals surface area contributed by atoms with E-state index in [9.17, 15) is 4.39 Å². The average molecular weight is 472 g/mol. The Morgan fingerprint density at radius 1 is 1.28 bits per heavy atom. The first kappa shape index (κ1) is 22.1. The van der Waals surface area contributed by atoms with Crippen LogP contribution in [-0.2, 0) is 20.9 Å². The van der Waals surface area contributed by atoms with E-state index in [1.807, 2.05) is 0 Å². The summed E-state index contributed by atoms with van der Waals surface area (Å²) in [7, 11) is 1.60. The predicted molar refractivity (Wildman–Crippen MR) is 108 cm³/mol. The summed E-state index contributed by atoms with van der Waals surface area (Å²) in [6.45, 7) is 1.68. The van der Waals surface area contributed by atoms with Gasteiger partial charge in [-0.2, -0.15) is 0 Å². The fourth-order valence-electron chi connectivity index (χ4n) is 3.19. The van der Waals surface area contributed by atoms with Crippen LogP contribution in [0.5, 0.6) is 5.75 Å². The molecule has 2 atom stereocenters. The molecule has 0 saturated carbocycles. The van der Waals surface area contributed by atoms with Crippen LogP contribution in [0.25, 0.3) is 0 Å². The lowest BCUT2D eigenvalue weighted by Crippen LogP contribution is -2.22. The number of hydrogen-bond acceptors (Lipinski definition) is 6. The van der Waals surface area contributed by atoms with Crippen molar-refractivity contribution in [1.29, 1.82) is 0 Å². The third kappa shape index (κ3) is 7.02. The maximum absolute atomic E-state index is 13.2. The van der Waals surface area contributed by atoms with Crippen molar-refractivity contribution in [3.8, 4) is 5.75 Å². The summed E-state index contributed by atoms with van der Waals surface area (Å²) in [6.07, 6.45) is 5.27. The van der Waals surface area contributed by atoms with Crippen molar-refractivity contribution in [2.24, 2.45) is 0 Å². The van der Waals surface area contributed by atoms with E-state index in [1.165, 1.54) is 12.1 Å². The number of methoxy groups -OCH3 is 1. The van der Waals surface area contributed by atoms with Crippen molar-refractivity contribution in [2.45, 2.75) is 57.6 Å². The Balaban J connectivity index is 1.59. The molecule has 0 radical (unpaired) electrons. The average Bonchev–Trinajstić information content (AvgIpc) is 3.09. The van der Waals surface area contributed by atoms with Crippen LogP contribution in [0.15, 0.2) is 29.0 Å². The van der Waals surface area contributed by atoms with Crippen molar-refractivity contribution >= 4 is 15.9 Å². The first-order chi connectivity index (χ1) is 14.2. The molecule has 1 aliphatic heterocycles. The number of aromatic nitrogens is 3. The Morgan fingerprint density at radius 3 is 2.83 bits per heavy atom. The van der Waals surface area contributed by atoms with Gasteiger partial charge < -0.3 is 18.9 Å². The van der Waals surface area contributed by atoms with Gasteiger partial charge in [0.15, 0.2) is 18.2 Å². The van der Waals surface area contributed by atoms with Crippen LogP contribution in [0, 0.1) is 5.82 Å². The molecule has 1 saturated heterocycles. The maximum atomic E-state index is 13.2. The highest BCUT2D eigenvalue weighted by molar-refractivity contribution is 9.10. The number of halogens is 2. The smallest absolute Gasteiger partial charge is 0.217 e. The van der Waals surface area contributed by atoms with Gasteiger partial charge in [0.1, 0.15) is 18.3 Å². The van der Waals surface area contributed by atoms with Crippen molar-refractivity contribution in [3.63, 3.8) is 0 Å². The summed E-state index contributed by atoms with van der Waals surface area (Å²) in [5, 5.41) is 4.30. The summed E-state index contributed by atoms with van der Waals surface area (Å²) in [4.78, 5) is 4.45. The second-order valence-corrected chi connectivity index (χ2v) is 7.59. The molecule has 2 unspecified atom stereocenters. The predicted octanol–water partition coefficient (Wildman–Crippen LogP) is 4.62. The Bertz CT molecular complexity index is 738. The fraction of sp³-hybridized carbons (Fsp3) is 0.600. The maximum Gasteiger partial charge on any atom is 0.217 e. The van der Waals surface area contributed by atoms with Gasteiger partial charge in [0.25, 0.3) is 0 Å². The molecule has 9 heteroatoms. The molecule has 1 aromatic carbocycles. The Labute approximate surface area is 178 Å². The van der Waals surface area contributed by atoms with Gasteiger partial charge in [0, 0.05) is 20.3 Å². The van der Waals surface area contributed by atoms with Gasteiger partial charge in [-0.3, -0.25) is 0 Å². The zero-order chi connectivity index (χ0) is 20.5. The molecule has 3 rings (SSSR count). The van der Waals surface area contributed by atoms with Crippen LogP contribution in [0.3, 0.4) is 0 Å². The zero-order valence-corrected chi connectivity index (χ0v) is 18.1. The number of ether oxygens (including phenoxy) is 4. The van der Waals surface area contributed by atoms with Crippen LogP contribution in [0.1, 0.15) is 50.5 Å². The highest BCUT2D eigenvalue weighted by atomic mass is 79.9. The van der Waals surface area contributed by atoms with Crippen molar-refractivity contribution < 1.29 is 23.3 Å². The third-order valence-corrected chi connectivity index (χ3v) is 4.94. The molecule has 2 heterocycles. The lowest BCUT2D eigenvalue weighted by atomic mass is 10.1. The lowest BCUT2D eigenvalue weighted by molar-refractivity contribution is -0.162. The van der Waals surface area contributed by atoms with Crippen LogP contribution < -0.4 is 4.74 Å². The van der Waals surface area contributed by atoms with E-state index in [1.54, 1.807) is 23.9 Å². The van der Waals surface area contributed by atoms with Gasteiger partial charge in [0.05, 0.1) is 0 Å². The van der Waals surface area contributed by atoms with Crippen molar-refractivity contribution in [2.75, 3.05) is 20.3 Å². The molecule has 7 nitrogen and oxygen atoms in total. The first-order valence-electron chi connectivity index (χ1n) is 9.90. The van der Waals surface area contributed by atoms with Gasteiger partial charge in [-0.05, 0) is 78.7 Å². The van der Waals surface area contributed by atoms with Gasteiger partial charge in [0.2, 0.25) is 4.73 Å². The minimum Gasteiger partial charge on any atom is -0.482 e. The van der Waals surface area contributed by atoms with E-state index < -0.39 is 0 Å². The van der Waals surface area contributed by atoms with Gasteiger partial charge in [-0.15, -0.1) is 5.10 Å². The molecule has 0 spiro atoms. The summed E-state index contributed by atoms with van der Waals surface area (Å²) < 4.78 is 38.1. The molecule has 0 aliphatic carbocycles. The van der Waals surface area contributed by atoms with Crippen molar-refractivity contribution in [3.05, 3.63) is 40.6 Å². The largest absolute Gasteiger partial charge is 0.482 e. The fourth-order valence-corrected chi connectivity index (χ4v) is 3.56. The zero-order valence-electron chi connectivity index (χ0n) is 16.6. The molecule has 2 aromatic rings. The number of hydrogen-bond donors (Lipinski definition) is 0. The molecule has 0 bridgehead atoms. The highest BCUT2D eigenvalue weighted by Gasteiger charge is 2.22. The van der Waals surface area contributed by atoms with Crippen LogP contribution >= 0.6 is 15.9 Å². The third-order valence-electron chi connectivity index (χ3n) is 4.61. The number of nitrogens with zero attached hydrogens (tertiary/aromatic N) is 3. The molecule has 1 aromatic heterocycles. The molecule has 0 amide bonds. The molecular formula is C20H27BrFN3O4. The van der Waals surface area contributed by atoms with Crippen LogP contribution in [0.2, 0.25) is 0 Å². The number of benzene rings is 1. The lowest BCUT2D eigenvalue weighted by Gasteiger charge is -2.23. The monoisotopic (exact) mass is 471 g/mol. The summed E-state index contributed by atoms with van der Waals surface area (Å²) in [6, 6.07) is 5.97. The highest BCUT2D eigenvalue weighted by Crippen LogP contribution is 2.27. The summed E-state index contributed by atoms with van der Waals surface area (Å²) in [5.41, 5.74) is 0. The van der Waals surface area contributed by atoms with Crippen LogP contribution in [-0.4, -0.2) is 41.4 Å². The second kappa shape index (κ2) is 11.6. The Kier molecular flexibility index (Phi) is 8.85. The second-order valence-electron chi connectivity index (χ2n) is 6.88. The normalized spacial score (nSPS) is 18.0. The van der Waals surface area contributed by atoms with E-state index in [0.717, 1.165) is 38.7 Å². The minimum absolute atomic E-state index is 0.0734. The van der Waals surface area contributed by atoms with Crippen LogP contribution in [0.4, 0.5) is 4.39 Å². The molecule has 160 valence electrons. The molecule has 1 fully saturated rings. The topological polar surface area (TPSA) is 67.6 Å².